The van der Waals surface area contributed by atoms with Crippen molar-refractivity contribution in [2.45, 2.75) is 25.8 Å². The van der Waals surface area contributed by atoms with E-state index >= 15 is 0 Å². The molecule has 1 unspecified atom stereocenters. The fourth-order valence-corrected chi connectivity index (χ4v) is 3.56. The Morgan fingerprint density at radius 1 is 1.39 bits per heavy atom. The lowest BCUT2D eigenvalue weighted by Crippen LogP contribution is -2.50. The van der Waals surface area contributed by atoms with E-state index in [9.17, 15) is 0 Å². The van der Waals surface area contributed by atoms with Gasteiger partial charge in [-0.2, -0.15) is 0 Å². The van der Waals surface area contributed by atoms with E-state index in [0.717, 1.165) is 41.2 Å². The van der Waals surface area contributed by atoms with Gasteiger partial charge >= 0.3 is 0 Å². The third-order valence-electron chi connectivity index (χ3n) is 4.17. The van der Waals surface area contributed by atoms with Crippen molar-refractivity contribution in [2.75, 3.05) is 36.8 Å². The maximum atomic E-state index is 5.89. The first-order valence-corrected chi connectivity index (χ1v) is 7.35. The molecule has 98 valence electrons. The van der Waals surface area contributed by atoms with Crippen molar-refractivity contribution < 1.29 is 0 Å². The Morgan fingerprint density at radius 3 is 3.06 bits per heavy atom. The quantitative estimate of drug-likeness (QED) is 0.862. The fourth-order valence-electron chi connectivity index (χ4n) is 2.98. The molecule has 18 heavy (non-hydrogen) atoms. The summed E-state index contributed by atoms with van der Waals surface area (Å²) in [4.78, 5) is 9.51. The molecule has 2 saturated heterocycles. The zero-order chi connectivity index (χ0) is 12.7. The zero-order valence-electron chi connectivity index (χ0n) is 10.7. The summed E-state index contributed by atoms with van der Waals surface area (Å²) in [6.07, 6.45) is 4.44. The zero-order valence-corrected chi connectivity index (χ0v) is 12.3. The number of nitrogen functional groups attached to an aromatic ring is 1. The first-order chi connectivity index (χ1) is 8.66. The molecular formula is C13H19BrN4. The Bertz CT molecular complexity index is 463. The first kappa shape index (κ1) is 12.2. The van der Waals surface area contributed by atoms with Crippen molar-refractivity contribution in [3.8, 4) is 0 Å². The van der Waals surface area contributed by atoms with E-state index in [0.29, 0.717) is 6.04 Å². The van der Waals surface area contributed by atoms with Gasteiger partial charge in [0.25, 0.3) is 0 Å². The molecule has 1 aromatic rings. The molecule has 3 heterocycles. The van der Waals surface area contributed by atoms with E-state index < -0.39 is 0 Å². The van der Waals surface area contributed by atoms with Crippen LogP contribution in [-0.4, -0.2) is 42.1 Å². The van der Waals surface area contributed by atoms with Crippen LogP contribution in [0.4, 0.5) is 11.5 Å². The second-order valence-electron chi connectivity index (χ2n) is 5.25. The highest BCUT2D eigenvalue weighted by molar-refractivity contribution is 9.10. The number of nitrogens with zero attached hydrogens (tertiary/aromatic N) is 3. The predicted octanol–water partition coefficient (Wildman–Crippen LogP) is 2.02. The summed E-state index contributed by atoms with van der Waals surface area (Å²) >= 11 is 3.64. The second-order valence-corrected chi connectivity index (χ2v) is 6.05. The van der Waals surface area contributed by atoms with E-state index in [1.54, 1.807) is 6.20 Å². The van der Waals surface area contributed by atoms with Gasteiger partial charge in [0.1, 0.15) is 5.82 Å². The predicted molar refractivity (Wildman–Crippen MR) is 77.9 cm³/mol. The van der Waals surface area contributed by atoms with Crippen LogP contribution in [0.15, 0.2) is 10.7 Å². The van der Waals surface area contributed by atoms with Crippen LogP contribution < -0.4 is 10.6 Å². The van der Waals surface area contributed by atoms with Crippen LogP contribution in [0.5, 0.6) is 0 Å². The Balaban J connectivity index is 1.85. The lowest BCUT2D eigenvalue weighted by atomic mass is 10.1. The topological polar surface area (TPSA) is 45.4 Å². The van der Waals surface area contributed by atoms with E-state index in [1.807, 2.05) is 6.92 Å². The van der Waals surface area contributed by atoms with Crippen molar-refractivity contribution in [1.29, 1.82) is 0 Å². The van der Waals surface area contributed by atoms with Gasteiger partial charge in [-0.1, -0.05) is 0 Å². The van der Waals surface area contributed by atoms with E-state index in [1.165, 1.54) is 19.4 Å². The van der Waals surface area contributed by atoms with Crippen molar-refractivity contribution in [3.05, 3.63) is 16.2 Å². The molecule has 0 spiro atoms. The van der Waals surface area contributed by atoms with Gasteiger partial charge in [-0.3, -0.25) is 4.90 Å². The normalized spacial score (nSPS) is 24.3. The van der Waals surface area contributed by atoms with Crippen molar-refractivity contribution in [2.24, 2.45) is 0 Å². The summed E-state index contributed by atoms with van der Waals surface area (Å²) in [5.41, 5.74) is 7.73. The molecule has 2 N–H and O–H groups in total. The second kappa shape index (κ2) is 4.70. The van der Waals surface area contributed by atoms with Gasteiger partial charge in [0.2, 0.25) is 0 Å². The highest BCUT2D eigenvalue weighted by Gasteiger charge is 2.31. The van der Waals surface area contributed by atoms with Crippen LogP contribution >= 0.6 is 15.9 Å². The maximum Gasteiger partial charge on any atom is 0.143 e. The number of halogens is 1. The molecule has 0 bridgehead atoms. The lowest BCUT2D eigenvalue weighted by Gasteiger charge is -2.38. The van der Waals surface area contributed by atoms with Gasteiger partial charge in [-0.05, 0) is 47.8 Å². The van der Waals surface area contributed by atoms with Gasteiger partial charge < -0.3 is 10.6 Å². The summed E-state index contributed by atoms with van der Waals surface area (Å²) in [6, 6.07) is 0.713. The molecule has 3 rings (SSSR count). The molecular weight excluding hydrogens is 292 g/mol. The third kappa shape index (κ3) is 1.99. The SMILES string of the molecule is Cc1c(N)cnc(N2CCN3CCCC3C2)c1Br. The summed E-state index contributed by atoms with van der Waals surface area (Å²) in [6.45, 7) is 6.62. The van der Waals surface area contributed by atoms with Gasteiger partial charge in [-0.15, -0.1) is 0 Å². The first-order valence-electron chi connectivity index (χ1n) is 6.56. The molecule has 1 atom stereocenters. The summed E-state index contributed by atoms with van der Waals surface area (Å²) in [5, 5.41) is 0. The third-order valence-corrected chi connectivity index (χ3v) is 5.12. The standard InChI is InChI=1S/C13H19BrN4/c1-9-11(15)7-16-13(12(9)14)18-6-5-17-4-2-3-10(17)8-18/h7,10H,2-6,8,15H2,1H3. The van der Waals surface area contributed by atoms with Gasteiger partial charge in [0.15, 0.2) is 0 Å². The Labute approximate surface area is 116 Å². The molecule has 2 aliphatic heterocycles. The molecule has 4 nitrogen and oxygen atoms in total. The summed E-state index contributed by atoms with van der Waals surface area (Å²) in [5.74, 6) is 1.05. The smallest absolute Gasteiger partial charge is 0.143 e. The van der Waals surface area contributed by atoms with Crippen LogP contribution in [0.3, 0.4) is 0 Å². The summed E-state index contributed by atoms with van der Waals surface area (Å²) < 4.78 is 1.05. The number of rotatable bonds is 1. The molecule has 0 saturated carbocycles. The highest BCUT2D eigenvalue weighted by Crippen LogP contribution is 2.32. The molecule has 0 aromatic carbocycles. The van der Waals surface area contributed by atoms with Gasteiger partial charge in [0.05, 0.1) is 16.4 Å². The Morgan fingerprint density at radius 2 is 2.22 bits per heavy atom. The van der Waals surface area contributed by atoms with Crippen molar-refractivity contribution in [1.82, 2.24) is 9.88 Å². The molecule has 0 amide bonds. The lowest BCUT2D eigenvalue weighted by molar-refractivity contribution is 0.230. The van der Waals surface area contributed by atoms with E-state index in [4.69, 9.17) is 5.73 Å². The number of hydrogen-bond donors (Lipinski definition) is 1. The number of pyridine rings is 1. The van der Waals surface area contributed by atoms with Gasteiger partial charge in [-0.25, -0.2) is 4.98 Å². The number of hydrogen-bond acceptors (Lipinski definition) is 4. The van der Waals surface area contributed by atoms with Crippen LogP contribution in [0.1, 0.15) is 18.4 Å². The largest absolute Gasteiger partial charge is 0.397 e. The molecule has 5 heteroatoms. The Kier molecular flexibility index (Phi) is 3.20. The summed E-state index contributed by atoms with van der Waals surface area (Å²) in [7, 11) is 0. The van der Waals surface area contributed by atoms with Crippen LogP contribution in [0, 0.1) is 6.92 Å². The number of aromatic nitrogens is 1. The number of nitrogens with two attached hydrogens (primary N) is 1. The Hall–Kier alpha value is -0.810. The number of fused-ring (bicyclic) bond motifs is 1. The molecule has 0 aliphatic carbocycles. The molecule has 1 aromatic heterocycles. The number of anilines is 2. The van der Waals surface area contributed by atoms with Crippen LogP contribution in [0.2, 0.25) is 0 Å². The average Bonchev–Trinajstić information content (AvgIpc) is 2.83. The van der Waals surface area contributed by atoms with Crippen LogP contribution in [0.25, 0.3) is 0 Å². The van der Waals surface area contributed by atoms with E-state index in [-0.39, 0.29) is 0 Å². The minimum Gasteiger partial charge on any atom is -0.397 e. The minimum absolute atomic E-state index is 0.713. The number of piperazine rings is 1. The monoisotopic (exact) mass is 310 g/mol. The van der Waals surface area contributed by atoms with Crippen molar-refractivity contribution in [3.63, 3.8) is 0 Å². The molecule has 0 radical (unpaired) electrons. The molecule has 2 fully saturated rings. The average molecular weight is 311 g/mol. The maximum absolute atomic E-state index is 5.89. The van der Waals surface area contributed by atoms with Gasteiger partial charge in [0, 0.05) is 25.7 Å². The van der Waals surface area contributed by atoms with E-state index in [2.05, 4.69) is 30.7 Å². The van der Waals surface area contributed by atoms with Crippen molar-refractivity contribution >= 4 is 27.4 Å². The highest BCUT2D eigenvalue weighted by atomic mass is 79.9. The molecule has 2 aliphatic rings. The minimum atomic E-state index is 0.713. The van der Waals surface area contributed by atoms with Crippen LogP contribution in [-0.2, 0) is 0 Å². The fraction of sp³-hybridized carbons (Fsp3) is 0.615.